The number of benzene rings is 1. The highest BCUT2D eigenvalue weighted by Gasteiger charge is 2.11. The molecule has 21 heavy (non-hydrogen) atoms. The zero-order valence-corrected chi connectivity index (χ0v) is 12.8. The smallest absolute Gasteiger partial charge is 0.267 e. The highest BCUT2D eigenvalue weighted by molar-refractivity contribution is 7.86. The maximum atomic E-state index is 11.5. The molecule has 114 valence electrons. The molecule has 0 saturated heterocycles. The van der Waals surface area contributed by atoms with E-state index in [-0.39, 0.29) is 12.4 Å². The summed E-state index contributed by atoms with van der Waals surface area (Å²) < 4.78 is 29.5. The third-order valence-electron chi connectivity index (χ3n) is 2.86. The molecular weight excluding hydrogens is 290 g/mol. The van der Waals surface area contributed by atoms with Crippen molar-refractivity contribution in [2.45, 2.75) is 26.3 Å². The second kappa shape index (κ2) is 7.33. The summed E-state index contributed by atoms with van der Waals surface area (Å²) in [6.45, 7) is 2.61. The van der Waals surface area contributed by atoms with Crippen LogP contribution in [0.1, 0.15) is 19.8 Å². The van der Waals surface area contributed by atoms with Crippen LogP contribution in [0, 0.1) is 0 Å². The van der Waals surface area contributed by atoms with Crippen LogP contribution in [-0.4, -0.2) is 35.8 Å². The summed E-state index contributed by atoms with van der Waals surface area (Å²) in [5.74, 6) is -0.00642. The van der Waals surface area contributed by atoms with Crippen LogP contribution in [0.3, 0.4) is 0 Å². The number of aryl methyl sites for hydroxylation is 1. The highest BCUT2D eigenvalue weighted by Crippen LogP contribution is 2.14. The molecule has 1 aromatic heterocycles. The van der Waals surface area contributed by atoms with Gasteiger partial charge in [0, 0.05) is 12.1 Å². The molecule has 0 radical (unpaired) electrons. The van der Waals surface area contributed by atoms with Gasteiger partial charge < -0.3 is 0 Å². The Kier molecular flexibility index (Phi) is 5.46. The standard InChI is InChI=1S/C14H19N3O3S/c1-2-10-20-21(18,19)11-6-9-17-12-14(15-16-17)13-7-4-3-5-8-13/h3-5,7-8,12H,2,6,9-11H2,1H3. The lowest BCUT2D eigenvalue weighted by molar-refractivity contribution is 0.317. The van der Waals surface area contributed by atoms with E-state index in [9.17, 15) is 8.42 Å². The Hall–Kier alpha value is -1.73. The molecule has 0 spiro atoms. The fraction of sp³-hybridized carbons (Fsp3) is 0.429. The zero-order chi connectivity index (χ0) is 15.1. The van der Waals surface area contributed by atoms with Crippen LogP contribution in [0.15, 0.2) is 36.5 Å². The van der Waals surface area contributed by atoms with Gasteiger partial charge in [-0.25, -0.2) is 0 Å². The van der Waals surface area contributed by atoms with E-state index in [4.69, 9.17) is 4.18 Å². The molecule has 0 aliphatic carbocycles. The van der Waals surface area contributed by atoms with Gasteiger partial charge in [0.25, 0.3) is 10.1 Å². The normalized spacial score (nSPS) is 11.7. The van der Waals surface area contributed by atoms with Crippen LogP contribution in [0.4, 0.5) is 0 Å². The van der Waals surface area contributed by atoms with Crippen LogP contribution in [0.5, 0.6) is 0 Å². The molecule has 0 unspecified atom stereocenters. The quantitative estimate of drug-likeness (QED) is 0.698. The summed E-state index contributed by atoms with van der Waals surface area (Å²) >= 11 is 0. The number of hydrogen-bond acceptors (Lipinski definition) is 5. The van der Waals surface area contributed by atoms with Gasteiger partial charge in [0.15, 0.2) is 0 Å². The number of nitrogens with zero attached hydrogens (tertiary/aromatic N) is 3. The van der Waals surface area contributed by atoms with Gasteiger partial charge in [-0.3, -0.25) is 8.86 Å². The Labute approximate surface area is 124 Å². The highest BCUT2D eigenvalue weighted by atomic mass is 32.2. The van der Waals surface area contributed by atoms with Crippen molar-refractivity contribution in [1.82, 2.24) is 15.0 Å². The first-order valence-electron chi connectivity index (χ1n) is 6.93. The van der Waals surface area contributed by atoms with Crippen molar-refractivity contribution < 1.29 is 12.6 Å². The second-order valence-corrected chi connectivity index (χ2v) is 6.43. The first kappa shape index (κ1) is 15.7. The molecule has 0 aliphatic heterocycles. The van der Waals surface area contributed by atoms with Gasteiger partial charge in [0.05, 0.1) is 18.6 Å². The topological polar surface area (TPSA) is 74.1 Å². The van der Waals surface area contributed by atoms with E-state index in [1.165, 1.54) is 0 Å². The van der Waals surface area contributed by atoms with E-state index < -0.39 is 10.1 Å². The van der Waals surface area contributed by atoms with Crippen molar-refractivity contribution in [1.29, 1.82) is 0 Å². The van der Waals surface area contributed by atoms with Crippen LogP contribution in [0.25, 0.3) is 11.3 Å². The van der Waals surface area contributed by atoms with Gasteiger partial charge in [-0.1, -0.05) is 42.5 Å². The predicted octanol–water partition coefficient (Wildman–Crippen LogP) is 2.09. The minimum atomic E-state index is -3.42. The van der Waals surface area contributed by atoms with E-state index >= 15 is 0 Å². The van der Waals surface area contributed by atoms with Gasteiger partial charge in [0.2, 0.25) is 0 Å². The van der Waals surface area contributed by atoms with E-state index in [0.717, 1.165) is 11.3 Å². The zero-order valence-electron chi connectivity index (χ0n) is 12.0. The lowest BCUT2D eigenvalue weighted by Gasteiger charge is -2.04. The maximum Gasteiger partial charge on any atom is 0.267 e. The lowest BCUT2D eigenvalue weighted by atomic mass is 10.2. The molecule has 1 aromatic carbocycles. The van der Waals surface area contributed by atoms with Crippen molar-refractivity contribution in [3.63, 3.8) is 0 Å². The van der Waals surface area contributed by atoms with Gasteiger partial charge in [-0.05, 0) is 12.8 Å². The first-order chi connectivity index (χ1) is 10.1. The molecule has 0 aliphatic rings. The molecule has 2 aromatic rings. The average Bonchev–Trinajstić information content (AvgIpc) is 2.95. The summed E-state index contributed by atoms with van der Waals surface area (Å²) in [6, 6.07) is 9.72. The summed E-state index contributed by atoms with van der Waals surface area (Å²) in [4.78, 5) is 0. The van der Waals surface area contributed by atoms with Crippen LogP contribution in [-0.2, 0) is 20.8 Å². The Balaban J connectivity index is 1.86. The van der Waals surface area contributed by atoms with E-state index in [0.29, 0.717) is 19.4 Å². The predicted molar refractivity (Wildman–Crippen MR) is 80.1 cm³/mol. The van der Waals surface area contributed by atoms with Gasteiger partial charge in [-0.2, -0.15) is 8.42 Å². The number of hydrogen-bond donors (Lipinski definition) is 0. The molecular formula is C14H19N3O3S. The van der Waals surface area contributed by atoms with Crippen LogP contribution >= 0.6 is 0 Å². The molecule has 0 bridgehead atoms. The maximum absolute atomic E-state index is 11.5. The van der Waals surface area contributed by atoms with E-state index in [2.05, 4.69) is 10.3 Å². The van der Waals surface area contributed by atoms with Crippen LogP contribution in [0.2, 0.25) is 0 Å². The second-order valence-electron chi connectivity index (χ2n) is 4.67. The van der Waals surface area contributed by atoms with Crippen molar-refractivity contribution >= 4 is 10.1 Å². The van der Waals surface area contributed by atoms with Crippen molar-refractivity contribution in [2.24, 2.45) is 0 Å². The fourth-order valence-electron chi connectivity index (χ4n) is 1.82. The third-order valence-corrected chi connectivity index (χ3v) is 4.17. The van der Waals surface area contributed by atoms with Crippen molar-refractivity contribution in [3.8, 4) is 11.3 Å². The lowest BCUT2D eigenvalue weighted by Crippen LogP contribution is -2.13. The molecule has 7 heteroatoms. The SMILES string of the molecule is CCCOS(=O)(=O)CCCn1cc(-c2ccccc2)nn1. The average molecular weight is 309 g/mol. The molecule has 0 amide bonds. The largest absolute Gasteiger partial charge is 0.270 e. The summed E-state index contributed by atoms with van der Waals surface area (Å²) in [5, 5.41) is 8.09. The molecule has 0 fully saturated rings. The Bertz CT molecular complexity index is 653. The van der Waals surface area contributed by atoms with Gasteiger partial charge in [-0.15, -0.1) is 5.10 Å². The Morgan fingerprint density at radius 2 is 2.00 bits per heavy atom. The fourth-order valence-corrected chi connectivity index (χ4v) is 2.84. The minimum Gasteiger partial charge on any atom is -0.270 e. The summed E-state index contributed by atoms with van der Waals surface area (Å²) in [5.41, 5.74) is 1.77. The van der Waals surface area contributed by atoms with Gasteiger partial charge >= 0.3 is 0 Å². The van der Waals surface area contributed by atoms with Crippen molar-refractivity contribution in [3.05, 3.63) is 36.5 Å². The molecule has 0 N–H and O–H groups in total. The first-order valence-corrected chi connectivity index (χ1v) is 8.51. The Morgan fingerprint density at radius 1 is 1.24 bits per heavy atom. The molecule has 0 saturated carbocycles. The van der Waals surface area contributed by atoms with Gasteiger partial charge in [0.1, 0.15) is 5.69 Å². The molecule has 2 rings (SSSR count). The Morgan fingerprint density at radius 3 is 2.71 bits per heavy atom. The van der Waals surface area contributed by atoms with Crippen LogP contribution < -0.4 is 0 Å². The summed E-state index contributed by atoms with van der Waals surface area (Å²) in [7, 11) is -3.42. The molecule has 0 atom stereocenters. The van der Waals surface area contributed by atoms with Crippen molar-refractivity contribution in [2.75, 3.05) is 12.4 Å². The number of rotatable bonds is 8. The third kappa shape index (κ3) is 4.95. The monoisotopic (exact) mass is 309 g/mol. The molecule has 1 heterocycles. The molecule has 6 nitrogen and oxygen atoms in total. The minimum absolute atomic E-state index is 0.00642. The van der Waals surface area contributed by atoms with E-state index in [1.54, 1.807) is 4.68 Å². The summed E-state index contributed by atoms with van der Waals surface area (Å²) in [6.07, 6.45) is 2.95. The number of aromatic nitrogens is 3. The van der Waals surface area contributed by atoms with E-state index in [1.807, 2.05) is 43.5 Å².